The van der Waals surface area contributed by atoms with Crippen molar-refractivity contribution >= 4 is 17.7 Å². The van der Waals surface area contributed by atoms with Crippen LogP contribution < -0.4 is 5.32 Å². The van der Waals surface area contributed by atoms with Gasteiger partial charge in [-0.25, -0.2) is 0 Å². The second-order valence-corrected chi connectivity index (χ2v) is 8.89. The maximum Gasteiger partial charge on any atom is 0.231 e. The van der Waals surface area contributed by atoms with Gasteiger partial charge in [-0.05, 0) is 31.7 Å². The summed E-state index contributed by atoms with van der Waals surface area (Å²) < 4.78 is 7.43. The van der Waals surface area contributed by atoms with Crippen molar-refractivity contribution in [1.29, 1.82) is 0 Å². The van der Waals surface area contributed by atoms with Gasteiger partial charge in [0.1, 0.15) is 0 Å². The van der Waals surface area contributed by atoms with Gasteiger partial charge in [-0.15, -0.1) is 10.2 Å². The molecule has 0 radical (unpaired) electrons. The van der Waals surface area contributed by atoms with Crippen LogP contribution >= 0.6 is 11.8 Å². The summed E-state index contributed by atoms with van der Waals surface area (Å²) in [6.45, 7) is 7.66. The molecule has 1 aromatic carbocycles. The quantitative estimate of drug-likeness (QED) is 0.498. The van der Waals surface area contributed by atoms with Crippen molar-refractivity contribution in [2.24, 2.45) is 0 Å². The summed E-state index contributed by atoms with van der Waals surface area (Å²) in [5, 5.41) is 12.5. The first-order valence-corrected chi connectivity index (χ1v) is 12.0. The van der Waals surface area contributed by atoms with Crippen molar-refractivity contribution in [3.05, 3.63) is 54.3 Å². The SMILES string of the molecule is CCn1c(SCC(=O)NC(CN2CCN(C)CC2)c2ccccc2)nnc1-c1ccco1. The average Bonchev–Trinajstić information content (AvgIpc) is 3.48. The molecule has 1 atom stereocenters. The zero-order valence-corrected chi connectivity index (χ0v) is 19.4. The molecule has 0 spiro atoms. The van der Waals surface area contributed by atoms with Crippen LogP contribution in [0.15, 0.2) is 58.3 Å². The van der Waals surface area contributed by atoms with E-state index in [4.69, 9.17) is 4.42 Å². The van der Waals surface area contributed by atoms with E-state index >= 15 is 0 Å². The number of rotatable bonds is 9. The lowest BCUT2D eigenvalue weighted by molar-refractivity contribution is -0.119. The number of nitrogens with one attached hydrogen (secondary N) is 1. The zero-order chi connectivity index (χ0) is 22.3. The Balaban J connectivity index is 1.39. The number of nitrogens with zero attached hydrogens (tertiary/aromatic N) is 5. The predicted molar refractivity (Wildman–Crippen MR) is 125 cm³/mol. The van der Waals surface area contributed by atoms with Gasteiger partial charge < -0.3 is 14.6 Å². The fraction of sp³-hybridized carbons (Fsp3) is 0.435. The highest BCUT2D eigenvalue weighted by Crippen LogP contribution is 2.24. The third-order valence-electron chi connectivity index (χ3n) is 5.68. The van der Waals surface area contributed by atoms with Crippen molar-refractivity contribution in [2.45, 2.75) is 24.7 Å². The van der Waals surface area contributed by atoms with E-state index < -0.39 is 0 Å². The van der Waals surface area contributed by atoms with Crippen LogP contribution in [0.25, 0.3) is 11.6 Å². The minimum absolute atomic E-state index is 0.0109. The number of thioether (sulfide) groups is 1. The number of benzene rings is 1. The molecule has 0 saturated carbocycles. The average molecular weight is 455 g/mol. The Hall–Kier alpha value is -2.62. The molecule has 3 aromatic rings. The molecule has 0 bridgehead atoms. The van der Waals surface area contributed by atoms with Gasteiger partial charge >= 0.3 is 0 Å². The minimum Gasteiger partial charge on any atom is -0.461 e. The molecule has 4 rings (SSSR count). The van der Waals surface area contributed by atoms with Crippen LogP contribution in [-0.4, -0.2) is 76.0 Å². The highest BCUT2D eigenvalue weighted by molar-refractivity contribution is 7.99. The topological polar surface area (TPSA) is 79.4 Å². The normalized spacial score (nSPS) is 16.2. The van der Waals surface area contributed by atoms with Crippen molar-refractivity contribution in [3.63, 3.8) is 0 Å². The Kier molecular flexibility index (Phi) is 7.62. The van der Waals surface area contributed by atoms with Crippen LogP contribution in [0, 0.1) is 0 Å². The number of piperazine rings is 1. The van der Waals surface area contributed by atoms with E-state index in [0.717, 1.165) is 38.3 Å². The largest absolute Gasteiger partial charge is 0.461 e. The Labute approximate surface area is 193 Å². The van der Waals surface area contributed by atoms with Crippen molar-refractivity contribution in [3.8, 4) is 11.6 Å². The highest BCUT2D eigenvalue weighted by atomic mass is 32.2. The summed E-state index contributed by atoms with van der Waals surface area (Å²) in [7, 11) is 2.15. The van der Waals surface area contributed by atoms with Crippen LogP contribution in [0.5, 0.6) is 0 Å². The van der Waals surface area contributed by atoms with E-state index in [2.05, 4.69) is 44.5 Å². The molecule has 32 heavy (non-hydrogen) atoms. The zero-order valence-electron chi connectivity index (χ0n) is 18.6. The highest BCUT2D eigenvalue weighted by Gasteiger charge is 2.22. The maximum atomic E-state index is 12.9. The van der Waals surface area contributed by atoms with Crippen LogP contribution in [0.2, 0.25) is 0 Å². The first kappa shape index (κ1) is 22.6. The number of carbonyl (C=O) groups excluding carboxylic acids is 1. The van der Waals surface area contributed by atoms with Crippen molar-refractivity contribution < 1.29 is 9.21 Å². The second kappa shape index (κ2) is 10.8. The summed E-state index contributed by atoms with van der Waals surface area (Å²) in [6.07, 6.45) is 1.62. The van der Waals surface area contributed by atoms with E-state index in [0.29, 0.717) is 23.3 Å². The molecule has 170 valence electrons. The Morgan fingerprint density at radius 1 is 1.12 bits per heavy atom. The predicted octanol–water partition coefficient (Wildman–Crippen LogP) is 2.76. The van der Waals surface area contributed by atoms with Gasteiger partial charge in [0.25, 0.3) is 0 Å². The molecule has 1 saturated heterocycles. The van der Waals surface area contributed by atoms with Crippen LogP contribution in [0.4, 0.5) is 0 Å². The third kappa shape index (κ3) is 5.59. The summed E-state index contributed by atoms with van der Waals surface area (Å²) in [4.78, 5) is 17.7. The molecule has 0 aliphatic carbocycles. The molecule has 1 aliphatic heterocycles. The van der Waals surface area contributed by atoms with E-state index in [1.165, 1.54) is 11.8 Å². The van der Waals surface area contributed by atoms with E-state index in [1.54, 1.807) is 6.26 Å². The van der Waals surface area contributed by atoms with Gasteiger partial charge in [0, 0.05) is 39.3 Å². The molecule has 1 N–H and O–H groups in total. The Bertz CT molecular complexity index is 983. The fourth-order valence-electron chi connectivity index (χ4n) is 3.84. The lowest BCUT2D eigenvalue weighted by Gasteiger charge is -2.35. The molecule has 9 heteroatoms. The first-order chi connectivity index (χ1) is 15.6. The Morgan fingerprint density at radius 2 is 1.91 bits per heavy atom. The van der Waals surface area contributed by atoms with Gasteiger partial charge in [0.2, 0.25) is 5.91 Å². The smallest absolute Gasteiger partial charge is 0.231 e. The van der Waals surface area contributed by atoms with Gasteiger partial charge in [-0.2, -0.15) is 0 Å². The summed E-state index contributed by atoms with van der Waals surface area (Å²) in [5.74, 6) is 1.62. The van der Waals surface area contributed by atoms with Gasteiger partial charge in [0.15, 0.2) is 16.7 Å². The molecule has 2 aromatic heterocycles. The number of furan rings is 1. The first-order valence-electron chi connectivity index (χ1n) is 11.0. The van der Waals surface area contributed by atoms with Gasteiger partial charge in [-0.1, -0.05) is 42.1 Å². The monoisotopic (exact) mass is 454 g/mol. The van der Waals surface area contributed by atoms with E-state index in [-0.39, 0.29) is 17.7 Å². The molecule has 1 unspecified atom stereocenters. The van der Waals surface area contributed by atoms with Crippen LogP contribution in [-0.2, 0) is 11.3 Å². The number of amides is 1. The second-order valence-electron chi connectivity index (χ2n) is 7.95. The maximum absolute atomic E-state index is 12.9. The van der Waals surface area contributed by atoms with Crippen LogP contribution in [0.3, 0.4) is 0 Å². The Morgan fingerprint density at radius 3 is 2.59 bits per heavy atom. The molecular weight excluding hydrogens is 424 g/mol. The van der Waals surface area contributed by atoms with Gasteiger partial charge in [-0.3, -0.25) is 14.3 Å². The number of aromatic nitrogens is 3. The number of carbonyl (C=O) groups is 1. The van der Waals surface area contributed by atoms with Gasteiger partial charge in [0.05, 0.1) is 18.1 Å². The number of hydrogen-bond donors (Lipinski definition) is 1. The van der Waals surface area contributed by atoms with E-state index in [1.807, 2.05) is 41.8 Å². The summed E-state index contributed by atoms with van der Waals surface area (Å²) in [5.41, 5.74) is 1.13. The van der Waals surface area contributed by atoms with Crippen molar-refractivity contribution in [1.82, 2.24) is 29.9 Å². The van der Waals surface area contributed by atoms with E-state index in [9.17, 15) is 4.79 Å². The minimum atomic E-state index is -0.0459. The lowest BCUT2D eigenvalue weighted by Crippen LogP contribution is -2.48. The molecular formula is C23H30N6O2S. The van der Waals surface area contributed by atoms with Crippen molar-refractivity contribution in [2.75, 3.05) is 45.5 Å². The molecule has 1 fully saturated rings. The fourth-order valence-corrected chi connectivity index (χ4v) is 4.66. The lowest BCUT2D eigenvalue weighted by atomic mass is 10.1. The molecule has 1 aliphatic rings. The summed E-state index contributed by atoms with van der Waals surface area (Å²) in [6, 6.07) is 13.8. The van der Waals surface area contributed by atoms with Crippen LogP contribution in [0.1, 0.15) is 18.5 Å². The number of hydrogen-bond acceptors (Lipinski definition) is 7. The molecule has 3 heterocycles. The standard InChI is InChI=1S/C23H30N6O2S/c1-3-29-22(20-10-7-15-31-20)25-26-23(29)32-17-21(30)24-19(18-8-5-4-6-9-18)16-28-13-11-27(2)12-14-28/h4-10,15,19H,3,11-14,16-17H2,1-2H3,(H,24,30). The molecule has 1 amide bonds. The summed E-state index contributed by atoms with van der Waals surface area (Å²) >= 11 is 1.40. The number of likely N-dealkylation sites (N-methyl/N-ethyl adjacent to an activating group) is 1. The third-order valence-corrected chi connectivity index (χ3v) is 6.65. The molecule has 8 nitrogen and oxygen atoms in total.